The molecule has 0 aliphatic carbocycles. The highest BCUT2D eigenvalue weighted by Gasteiger charge is 2.62. The van der Waals surface area contributed by atoms with Crippen molar-refractivity contribution >= 4 is 29.7 Å². The maximum absolute atomic E-state index is 13.9. The number of carbonyl (C=O) groups is 1. The first-order valence-corrected chi connectivity index (χ1v) is 8.83. The van der Waals surface area contributed by atoms with Gasteiger partial charge in [0.1, 0.15) is 5.75 Å². The van der Waals surface area contributed by atoms with Gasteiger partial charge in [0.2, 0.25) is 5.91 Å². The van der Waals surface area contributed by atoms with E-state index < -0.39 is 17.5 Å². The number of anilines is 2. The van der Waals surface area contributed by atoms with E-state index in [-0.39, 0.29) is 43.3 Å². The minimum Gasteiger partial charge on any atom is -0.495 e. The number of hydrogen-bond acceptors (Lipinski definition) is 4. The highest BCUT2D eigenvalue weighted by molar-refractivity contribution is 5.97. The molecule has 1 unspecified atom stereocenters. The van der Waals surface area contributed by atoms with Gasteiger partial charge in [0.25, 0.3) is 0 Å². The average molecular weight is 430 g/mol. The second-order valence-electron chi connectivity index (χ2n) is 6.94. The number of benzene rings is 2. The van der Waals surface area contributed by atoms with Gasteiger partial charge in [-0.3, -0.25) is 9.69 Å². The molecule has 0 spiro atoms. The molecule has 1 fully saturated rings. The lowest BCUT2D eigenvalue weighted by Crippen LogP contribution is -2.49. The lowest BCUT2D eigenvalue weighted by atomic mass is 9.85. The van der Waals surface area contributed by atoms with Crippen molar-refractivity contribution in [1.29, 1.82) is 0 Å². The number of carbonyl (C=O) groups excluding carboxylic acids is 1. The van der Waals surface area contributed by atoms with Crippen LogP contribution in [0.4, 0.5) is 24.5 Å². The highest BCUT2D eigenvalue weighted by Crippen LogP contribution is 2.46. The Labute approximate surface area is 173 Å². The van der Waals surface area contributed by atoms with Crippen LogP contribution in [0.25, 0.3) is 0 Å². The number of nitrogen functional groups attached to an aromatic ring is 1. The quantitative estimate of drug-likeness (QED) is 0.702. The summed E-state index contributed by atoms with van der Waals surface area (Å²) in [6, 6.07) is 13.6. The molecule has 3 N–H and O–H groups in total. The molecule has 0 saturated carbocycles. The number of amides is 1. The molecule has 0 radical (unpaired) electrons. The minimum atomic E-state index is -4.67. The summed E-state index contributed by atoms with van der Waals surface area (Å²) in [5.74, 6) is -0.682. The average Bonchev–Trinajstić information content (AvgIpc) is 3.08. The first-order chi connectivity index (χ1) is 13.2. The van der Waals surface area contributed by atoms with Gasteiger partial charge in [-0.15, -0.1) is 12.4 Å². The summed E-state index contributed by atoms with van der Waals surface area (Å²) in [5, 5.41) is 2.39. The Balaban J connectivity index is 0.00000300. The van der Waals surface area contributed by atoms with E-state index in [0.29, 0.717) is 12.3 Å². The van der Waals surface area contributed by atoms with Crippen LogP contribution in [0.1, 0.15) is 12.0 Å². The van der Waals surface area contributed by atoms with Gasteiger partial charge in [-0.05, 0) is 36.7 Å². The van der Waals surface area contributed by atoms with Crippen molar-refractivity contribution in [1.82, 2.24) is 4.90 Å². The molecule has 1 aliphatic rings. The molecule has 9 heteroatoms. The number of halogens is 4. The Morgan fingerprint density at radius 1 is 1.24 bits per heavy atom. The van der Waals surface area contributed by atoms with Crippen LogP contribution < -0.4 is 15.8 Å². The SMILES string of the molecule is COc1ccc(NC(=O)C2(C(F)(F)F)CCN(Cc3ccccc3)C2)cc1N.Cl. The molecule has 29 heavy (non-hydrogen) atoms. The first-order valence-electron chi connectivity index (χ1n) is 8.83. The van der Waals surface area contributed by atoms with E-state index in [1.807, 2.05) is 30.3 Å². The first kappa shape index (κ1) is 22.8. The number of likely N-dealkylation sites (tertiary alicyclic amines) is 1. The van der Waals surface area contributed by atoms with E-state index in [1.165, 1.54) is 25.3 Å². The van der Waals surface area contributed by atoms with Crippen molar-refractivity contribution in [2.24, 2.45) is 5.41 Å². The van der Waals surface area contributed by atoms with Crippen LogP contribution in [-0.2, 0) is 11.3 Å². The van der Waals surface area contributed by atoms with Crippen molar-refractivity contribution < 1.29 is 22.7 Å². The molecule has 2 aromatic carbocycles. The number of methoxy groups -OCH3 is 1. The van der Waals surface area contributed by atoms with Crippen LogP contribution in [0, 0.1) is 5.41 Å². The predicted molar refractivity (Wildman–Crippen MR) is 108 cm³/mol. The third kappa shape index (κ3) is 4.76. The summed E-state index contributed by atoms with van der Waals surface area (Å²) in [7, 11) is 1.43. The van der Waals surface area contributed by atoms with Crippen molar-refractivity contribution in [3.05, 3.63) is 54.1 Å². The summed E-state index contributed by atoms with van der Waals surface area (Å²) >= 11 is 0. The largest absolute Gasteiger partial charge is 0.495 e. The normalized spacial score (nSPS) is 19.4. The molecule has 0 aromatic heterocycles. The lowest BCUT2D eigenvalue weighted by Gasteiger charge is -2.30. The second kappa shape index (κ2) is 8.92. The molecule has 1 heterocycles. The van der Waals surface area contributed by atoms with Crippen LogP contribution in [0.15, 0.2) is 48.5 Å². The van der Waals surface area contributed by atoms with Gasteiger partial charge in [0, 0.05) is 18.8 Å². The Hall–Kier alpha value is -2.45. The maximum Gasteiger partial charge on any atom is 0.404 e. The summed E-state index contributed by atoms with van der Waals surface area (Å²) < 4.78 is 46.9. The number of nitrogens with two attached hydrogens (primary N) is 1. The molecule has 1 amide bonds. The van der Waals surface area contributed by atoms with Crippen molar-refractivity contribution in [2.75, 3.05) is 31.2 Å². The zero-order chi connectivity index (χ0) is 20.4. The van der Waals surface area contributed by atoms with Gasteiger partial charge in [-0.25, -0.2) is 0 Å². The monoisotopic (exact) mass is 429 g/mol. The third-order valence-electron chi connectivity index (χ3n) is 5.06. The van der Waals surface area contributed by atoms with Crippen LogP contribution in [0.3, 0.4) is 0 Å². The predicted octanol–water partition coefficient (Wildman–Crippen LogP) is 4.09. The second-order valence-corrected chi connectivity index (χ2v) is 6.94. The van der Waals surface area contributed by atoms with E-state index in [2.05, 4.69) is 5.32 Å². The topological polar surface area (TPSA) is 67.6 Å². The number of ether oxygens (including phenoxy) is 1. The number of alkyl halides is 3. The molecule has 1 atom stereocenters. The van der Waals surface area contributed by atoms with E-state index in [1.54, 1.807) is 4.90 Å². The number of rotatable bonds is 5. The van der Waals surface area contributed by atoms with Crippen LogP contribution >= 0.6 is 12.4 Å². The molecule has 158 valence electrons. The Bertz CT molecular complexity index is 849. The summed E-state index contributed by atoms with van der Waals surface area (Å²) in [4.78, 5) is 14.4. The molecule has 1 aliphatic heterocycles. The fourth-order valence-corrected chi connectivity index (χ4v) is 3.47. The standard InChI is InChI=1S/C20H22F3N3O2.ClH/c1-28-17-8-7-15(11-16(17)24)25-18(27)19(20(21,22)23)9-10-26(13-19)12-14-5-3-2-4-6-14;/h2-8,11H,9-10,12-13,24H2,1H3,(H,25,27);1H. The van der Waals surface area contributed by atoms with Crippen LogP contribution in [-0.4, -0.2) is 37.2 Å². The highest BCUT2D eigenvalue weighted by atomic mass is 35.5. The van der Waals surface area contributed by atoms with Gasteiger partial charge in [0.05, 0.1) is 12.8 Å². The smallest absolute Gasteiger partial charge is 0.404 e. The molecule has 2 aromatic rings. The van der Waals surface area contributed by atoms with E-state index in [4.69, 9.17) is 10.5 Å². The Morgan fingerprint density at radius 3 is 2.52 bits per heavy atom. The maximum atomic E-state index is 13.9. The molecular formula is C20H23ClF3N3O2. The fraction of sp³-hybridized carbons (Fsp3) is 0.350. The molecule has 0 bridgehead atoms. The Morgan fingerprint density at radius 2 is 1.93 bits per heavy atom. The summed E-state index contributed by atoms with van der Waals surface area (Å²) in [6.45, 7) is 0.164. The van der Waals surface area contributed by atoms with Crippen molar-refractivity contribution in [3.63, 3.8) is 0 Å². The van der Waals surface area contributed by atoms with Crippen LogP contribution in [0.2, 0.25) is 0 Å². The fourth-order valence-electron chi connectivity index (χ4n) is 3.47. The van der Waals surface area contributed by atoms with Crippen molar-refractivity contribution in [3.8, 4) is 5.75 Å². The van der Waals surface area contributed by atoms with E-state index in [0.717, 1.165) is 5.56 Å². The molecule has 3 rings (SSSR count). The van der Waals surface area contributed by atoms with Gasteiger partial charge < -0.3 is 15.8 Å². The zero-order valence-electron chi connectivity index (χ0n) is 15.8. The minimum absolute atomic E-state index is 0. The number of hydrogen-bond donors (Lipinski definition) is 2. The van der Waals surface area contributed by atoms with Gasteiger partial charge in [-0.1, -0.05) is 30.3 Å². The van der Waals surface area contributed by atoms with Crippen molar-refractivity contribution in [2.45, 2.75) is 19.1 Å². The molecule has 5 nitrogen and oxygen atoms in total. The number of nitrogens with one attached hydrogen (secondary N) is 1. The number of nitrogens with zero attached hydrogens (tertiary/aromatic N) is 1. The summed E-state index contributed by atoms with van der Waals surface area (Å²) in [6.07, 6.45) is -4.96. The summed E-state index contributed by atoms with van der Waals surface area (Å²) in [5.41, 5.74) is 4.66. The van der Waals surface area contributed by atoms with Crippen LogP contribution in [0.5, 0.6) is 5.75 Å². The zero-order valence-corrected chi connectivity index (χ0v) is 16.6. The molecular weight excluding hydrogens is 407 g/mol. The molecule has 1 saturated heterocycles. The Kier molecular flexibility index (Phi) is 7.02. The van der Waals surface area contributed by atoms with E-state index >= 15 is 0 Å². The van der Waals surface area contributed by atoms with Gasteiger partial charge in [-0.2, -0.15) is 13.2 Å². The third-order valence-corrected chi connectivity index (χ3v) is 5.06. The van der Waals surface area contributed by atoms with Gasteiger partial charge >= 0.3 is 6.18 Å². The van der Waals surface area contributed by atoms with Gasteiger partial charge in [0.15, 0.2) is 5.41 Å². The lowest BCUT2D eigenvalue weighted by molar-refractivity contribution is -0.215. The van der Waals surface area contributed by atoms with E-state index in [9.17, 15) is 18.0 Å².